The van der Waals surface area contributed by atoms with E-state index in [0.717, 1.165) is 25.7 Å². The fraction of sp³-hybridized carbons (Fsp3) is 0.550. The Bertz CT molecular complexity index is 660. The van der Waals surface area contributed by atoms with Crippen molar-refractivity contribution in [1.82, 2.24) is 16.0 Å². The molecule has 1 fully saturated rings. The van der Waals surface area contributed by atoms with E-state index in [1.807, 2.05) is 0 Å². The molecule has 7 nitrogen and oxygen atoms in total. The molecule has 4 N–H and O–H groups in total. The molecule has 0 saturated heterocycles. The summed E-state index contributed by atoms with van der Waals surface area (Å²) < 4.78 is 13.1. The Hall–Kier alpha value is -2.64. The summed E-state index contributed by atoms with van der Waals surface area (Å²) in [6, 6.07) is 4.65. The Morgan fingerprint density at radius 2 is 1.79 bits per heavy atom. The number of aliphatic carboxylic acids is 1. The molecule has 1 unspecified atom stereocenters. The Morgan fingerprint density at radius 1 is 1.11 bits per heavy atom. The van der Waals surface area contributed by atoms with E-state index >= 15 is 0 Å². The zero-order valence-corrected chi connectivity index (χ0v) is 15.9. The van der Waals surface area contributed by atoms with Crippen LogP contribution in [0.1, 0.15) is 63.0 Å². The molecule has 3 amide bonds. The van der Waals surface area contributed by atoms with E-state index in [4.69, 9.17) is 5.11 Å². The van der Waals surface area contributed by atoms with Gasteiger partial charge in [0, 0.05) is 19.0 Å². The van der Waals surface area contributed by atoms with Crippen molar-refractivity contribution in [1.29, 1.82) is 0 Å². The lowest BCUT2D eigenvalue weighted by molar-refractivity contribution is -0.137. The molecule has 1 aliphatic carbocycles. The number of halogens is 1. The molecule has 0 heterocycles. The average molecular weight is 393 g/mol. The largest absolute Gasteiger partial charge is 0.481 e. The normalized spacial score (nSPS) is 15.5. The Morgan fingerprint density at radius 3 is 2.43 bits per heavy atom. The van der Waals surface area contributed by atoms with Crippen molar-refractivity contribution in [3.8, 4) is 0 Å². The summed E-state index contributed by atoms with van der Waals surface area (Å²) in [6.07, 6.45) is 5.80. The van der Waals surface area contributed by atoms with Gasteiger partial charge in [-0.25, -0.2) is 9.18 Å². The second-order valence-corrected chi connectivity index (χ2v) is 7.11. The van der Waals surface area contributed by atoms with Gasteiger partial charge in [-0.15, -0.1) is 0 Å². The van der Waals surface area contributed by atoms with Gasteiger partial charge in [-0.3, -0.25) is 9.59 Å². The van der Waals surface area contributed by atoms with Gasteiger partial charge in [-0.2, -0.15) is 0 Å². The predicted octanol–water partition coefficient (Wildman–Crippen LogP) is 2.87. The van der Waals surface area contributed by atoms with Gasteiger partial charge < -0.3 is 21.1 Å². The summed E-state index contributed by atoms with van der Waals surface area (Å²) in [7, 11) is 0. The third-order valence-electron chi connectivity index (χ3n) is 4.79. The maximum Gasteiger partial charge on any atom is 0.315 e. The minimum Gasteiger partial charge on any atom is -0.481 e. The summed E-state index contributed by atoms with van der Waals surface area (Å²) in [4.78, 5) is 35.0. The number of carboxylic acid groups (broad SMARTS) is 1. The maximum atomic E-state index is 13.1. The highest BCUT2D eigenvalue weighted by atomic mass is 19.1. The van der Waals surface area contributed by atoms with E-state index in [9.17, 15) is 18.8 Å². The summed E-state index contributed by atoms with van der Waals surface area (Å²) in [6.45, 7) is 0.353. The van der Waals surface area contributed by atoms with Crippen LogP contribution in [0.2, 0.25) is 0 Å². The number of amides is 3. The van der Waals surface area contributed by atoms with Crippen molar-refractivity contribution in [2.45, 2.75) is 63.5 Å². The maximum absolute atomic E-state index is 13.1. The monoisotopic (exact) mass is 393 g/mol. The van der Waals surface area contributed by atoms with Crippen LogP contribution >= 0.6 is 0 Å². The number of hydrogen-bond donors (Lipinski definition) is 4. The molecular formula is C20H28FN3O4. The molecular weight excluding hydrogens is 365 g/mol. The highest BCUT2D eigenvalue weighted by Gasteiger charge is 2.18. The number of carboxylic acids is 1. The third kappa shape index (κ3) is 7.94. The lowest BCUT2D eigenvalue weighted by atomic mass is 9.96. The van der Waals surface area contributed by atoms with E-state index in [1.54, 1.807) is 0 Å². The molecule has 8 heteroatoms. The molecule has 0 aromatic heterocycles. The van der Waals surface area contributed by atoms with E-state index in [1.165, 1.54) is 30.7 Å². The summed E-state index contributed by atoms with van der Waals surface area (Å²) in [5.41, 5.74) is 0.530. The number of benzene rings is 1. The number of hydrogen-bond acceptors (Lipinski definition) is 3. The first-order valence-electron chi connectivity index (χ1n) is 9.75. The molecule has 1 saturated carbocycles. The van der Waals surface area contributed by atoms with Crippen molar-refractivity contribution in [3.63, 3.8) is 0 Å². The molecule has 2 rings (SSSR count). The van der Waals surface area contributed by atoms with Gasteiger partial charge >= 0.3 is 12.0 Å². The van der Waals surface area contributed by atoms with Crippen LogP contribution in [0.4, 0.5) is 9.18 Å². The molecule has 1 aliphatic rings. The smallest absolute Gasteiger partial charge is 0.315 e. The number of urea groups is 1. The topological polar surface area (TPSA) is 108 Å². The van der Waals surface area contributed by atoms with Gasteiger partial charge in [0.25, 0.3) is 0 Å². The molecule has 0 radical (unpaired) electrons. The van der Waals surface area contributed by atoms with Crippen LogP contribution < -0.4 is 16.0 Å². The van der Waals surface area contributed by atoms with Gasteiger partial charge in [0.15, 0.2) is 0 Å². The van der Waals surface area contributed by atoms with Gasteiger partial charge in [0.05, 0.1) is 12.5 Å². The number of carbonyl (C=O) groups is 3. The van der Waals surface area contributed by atoms with Gasteiger partial charge in [-0.1, -0.05) is 31.4 Å². The second-order valence-electron chi connectivity index (χ2n) is 7.11. The van der Waals surface area contributed by atoms with Crippen molar-refractivity contribution in [2.75, 3.05) is 6.54 Å². The predicted molar refractivity (Wildman–Crippen MR) is 102 cm³/mol. The molecule has 0 aliphatic heterocycles. The van der Waals surface area contributed by atoms with E-state index in [2.05, 4.69) is 16.0 Å². The summed E-state index contributed by atoms with van der Waals surface area (Å²) in [5, 5.41) is 17.4. The first kappa shape index (κ1) is 21.7. The minimum atomic E-state index is -1.06. The van der Waals surface area contributed by atoms with Crippen LogP contribution in [-0.4, -0.2) is 35.6 Å². The molecule has 0 bridgehead atoms. The number of nitrogens with one attached hydrogen (secondary N) is 3. The van der Waals surface area contributed by atoms with Crippen molar-refractivity contribution in [3.05, 3.63) is 35.6 Å². The van der Waals surface area contributed by atoms with Crippen LogP contribution in [-0.2, 0) is 9.59 Å². The highest BCUT2D eigenvalue weighted by molar-refractivity contribution is 5.78. The zero-order valence-electron chi connectivity index (χ0n) is 15.9. The van der Waals surface area contributed by atoms with Gasteiger partial charge in [0.2, 0.25) is 5.91 Å². The fourth-order valence-electron chi connectivity index (χ4n) is 3.32. The van der Waals surface area contributed by atoms with E-state index in [0.29, 0.717) is 18.5 Å². The second kappa shape index (κ2) is 11.3. The van der Waals surface area contributed by atoms with Gasteiger partial charge in [-0.05, 0) is 37.0 Å². The number of carbonyl (C=O) groups excluding carboxylic acids is 2. The van der Waals surface area contributed by atoms with Crippen molar-refractivity contribution >= 4 is 17.9 Å². The lowest BCUT2D eigenvalue weighted by Gasteiger charge is -2.22. The van der Waals surface area contributed by atoms with Crippen molar-refractivity contribution < 1.29 is 23.9 Å². The first-order valence-corrected chi connectivity index (χ1v) is 9.75. The van der Waals surface area contributed by atoms with Gasteiger partial charge in [0.1, 0.15) is 5.82 Å². The van der Waals surface area contributed by atoms with E-state index in [-0.39, 0.29) is 30.8 Å². The fourth-order valence-corrected chi connectivity index (χ4v) is 3.32. The van der Waals surface area contributed by atoms with E-state index < -0.39 is 17.8 Å². The van der Waals surface area contributed by atoms with Crippen LogP contribution in [0, 0.1) is 5.82 Å². The Labute approximate surface area is 164 Å². The number of rotatable bonds is 9. The first-order chi connectivity index (χ1) is 13.4. The average Bonchev–Trinajstić information content (AvgIpc) is 2.66. The molecule has 1 atom stereocenters. The third-order valence-corrected chi connectivity index (χ3v) is 4.79. The molecule has 28 heavy (non-hydrogen) atoms. The Kier molecular flexibility index (Phi) is 8.71. The molecule has 1 aromatic rings. The highest BCUT2D eigenvalue weighted by Crippen LogP contribution is 2.18. The van der Waals surface area contributed by atoms with Crippen LogP contribution in [0.25, 0.3) is 0 Å². The minimum absolute atomic E-state index is 0.154. The SMILES string of the molecule is O=C(O)CC(NC(=O)CCCNC(=O)NC1CCCCC1)c1ccc(F)cc1. The van der Waals surface area contributed by atoms with Crippen LogP contribution in [0.5, 0.6) is 0 Å². The molecule has 0 spiro atoms. The standard InChI is InChI=1S/C20H28FN3O4/c21-15-10-8-14(9-11-15)17(13-19(26)27)24-18(25)7-4-12-22-20(28)23-16-5-2-1-3-6-16/h8-11,16-17H,1-7,12-13H2,(H,24,25)(H,26,27)(H2,22,23,28). The quantitative estimate of drug-likeness (QED) is 0.484. The van der Waals surface area contributed by atoms with Crippen LogP contribution in [0.15, 0.2) is 24.3 Å². The Balaban J connectivity index is 1.70. The van der Waals surface area contributed by atoms with Crippen molar-refractivity contribution in [2.24, 2.45) is 0 Å². The summed E-state index contributed by atoms with van der Waals surface area (Å²) >= 11 is 0. The molecule has 1 aromatic carbocycles. The molecule has 154 valence electrons. The lowest BCUT2D eigenvalue weighted by Crippen LogP contribution is -2.43. The summed E-state index contributed by atoms with van der Waals surface area (Å²) in [5.74, 6) is -1.80. The zero-order chi connectivity index (χ0) is 20.4. The van der Waals surface area contributed by atoms with Crippen LogP contribution in [0.3, 0.4) is 0 Å².